The molecule has 0 aliphatic rings. The lowest BCUT2D eigenvalue weighted by Crippen LogP contribution is -2.12. The Hall–Kier alpha value is -2.04. The third kappa shape index (κ3) is 4.14. The van der Waals surface area contributed by atoms with Crippen molar-refractivity contribution in [1.29, 1.82) is 0 Å². The van der Waals surface area contributed by atoms with Gasteiger partial charge in [-0.05, 0) is 42.7 Å². The van der Waals surface area contributed by atoms with Crippen molar-refractivity contribution in [2.75, 3.05) is 6.61 Å². The number of carbonyl (C=O) groups is 2. The van der Waals surface area contributed by atoms with Gasteiger partial charge in [0.05, 0.1) is 17.7 Å². The number of carboxylic acids is 1. The van der Waals surface area contributed by atoms with Gasteiger partial charge in [0.1, 0.15) is 0 Å². The highest BCUT2D eigenvalue weighted by Crippen LogP contribution is 2.39. The molecule has 6 heteroatoms. The lowest BCUT2D eigenvalue weighted by atomic mass is 9.85. The molecule has 0 bridgehead atoms. The summed E-state index contributed by atoms with van der Waals surface area (Å²) in [6.07, 6.45) is 0.627. The summed E-state index contributed by atoms with van der Waals surface area (Å²) in [4.78, 5) is 23.4. The number of esters is 1. The first kappa shape index (κ1) is 19.3. The van der Waals surface area contributed by atoms with Crippen LogP contribution in [0.3, 0.4) is 0 Å². The Balaban J connectivity index is 2.59. The van der Waals surface area contributed by atoms with Crippen LogP contribution in [0, 0.1) is 0 Å². The van der Waals surface area contributed by atoms with Crippen molar-refractivity contribution in [2.45, 2.75) is 26.2 Å². The number of hydrogen-bond donors (Lipinski definition) is 1. The van der Waals surface area contributed by atoms with E-state index >= 15 is 0 Å². The van der Waals surface area contributed by atoms with Gasteiger partial charge in [0.2, 0.25) is 0 Å². The maximum absolute atomic E-state index is 12.3. The number of aromatic carboxylic acids is 1. The predicted octanol–water partition coefficient (Wildman–Crippen LogP) is 5.41. The van der Waals surface area contributed by atoms with Crippen molar-refractivity contribution in [3.8, 4) is 0 Å². The number of benzene rings is 2. The van der Waals surface area contributed by atoms with E-state index < -0.39 is 11.9 Å². The SMILES string of the molecule is CCOC(=O)c1ccccc1C(CC)c1c(Cl)cc(C(=O)O)cc1Cl. The Morgan fingerprint density at radius 3 is 2.24 bits per heavy atom. The highest BCUT2D eigenvalue weighted by Gasteiger charge is 2.25. The smallest absolute Gasteiger partial charge is 0.338 e. The molecule has 2 rings (SSSR count). The molecule has 0 aliphatic heterocycles. The largest absolute Gasteiger partial charge is 0.478 e. The van der Waals surface area contributed by atoms with Gasteiger partial charge in [-0.3, -0.25) is 0 Å². The van der Waals surface area contributed by atoms with Crippen LogP contribution in [0.2, 0.25) is 10.0 Å². The summed E-state index contributed by atoms with van der Waals surface area (Å²) in [5, 5.41) is 9.65. The second kappa shape index (κ2) is 8.37. The van der Waals surface area contributed by atoms with E-state index in [2.05, 4.69) is 0 Å². The van der Waals surface area contributed by atoms with Crippen molar-refractivity contribution in [3.05, 3.63) is 68.7 Å². The van der Waals surface area contributed by atoms with Crippen LogP contribution in [0.15, 0.2) is 36.4 Å². The molecule has 0 fully saturated rings. The first-order valence-corrected chi connectivity index (χ1v) is 8.64. The minimum Gasteiger partial charge on any atom is -0.478 e. The highest BCUT2D eigenvalue weighted by molar-refractivity contribution is 6.36. The first-order chi connectivity index (χ1) is 11.9. The Morgan fingerprint density at radius 1 is 1.12 bits per heavy atom. The Bertz CT molecular complexity index is 779. The third-order valence-corrected chi connectivity index (χ3v) is 4.54. The molecular formula is C19H18Cl2O4. The Morgan fingerprint density at radius 2 is 1.72 bits per heavy atom. The summed E-state index contributed by atoms with van der Waals surface area (Å²) in [6, 6.07) is 9.87. The number of rotatable bonds is 6. The van der Waals surface area contributed by atoms with E-state index in [1.165, 1.54) is 12.1 Å². The van der Waals surface area contributed by atoms with Crippen LogP contribution in [0.1, 0.15) is 58.0 Å². The molecule has 2 aromatic rings. The van der Waals surface area contributed by atoms with Crippen LogP contribution in [0.4, 0.5) is 0 Å². The molecule has 0 saturated heterocycles. The molecule has 132 valence electrons. The molecule has 0 radical (unpaired) electrons. The van der Waals surface area contributed by atoms with Crippen LogP contribution in [-0.2, 0) is 4.74 Å². The lowest BCUT2D eigenvalue weighted by Gasteiger charge is -2.21. The molecular weight excluding hydrogens is 363 g/mol. The average molecular weight is 381 g/mol. The van der Waals surface area contributed by atoms with Gasteiger partial charge < -0.3 is 9.84 Å². The van der Waals surface area contributed by atoms with Crippen molar-refractivity contribution in [1.82, 2.24) is 0 Å². The van der Waals surface area contributed by atoms with Crippen molar-refractivity contribution >= 4 is 35.1 Å². The number of halogens is 2. The van der Waals surface area contributed by atoms with Crippen LogP contribution >= 0.6 is 23.2 Å². The standard InChI is InChI=1S/C19H18Cl2O4/c1-3-12(13-7-5-6-8-14(13)19(24)25-4-2)17-15(20)9-11(18(22)23)10-16(17)21/h5-10,12H,3-4H2,1-2H3,(H,22,23). The molecule has 0 spiro atoms. The summed E-state index contributed by atoms with van der Waals surface area (Å²) in [5.74, 6) is -1.77. The van der Waals surface area contributed by atoms with Crippen LogP contribution < -0.4 is 0 Å². The van der Waals surface area contributed by atoms with Crippen molar-refractivity contribution in [3.63, 3.8) is 0 Å². The third-order valence-electron chi connectivity index (χ3n) is 3.91. The maximum atomic E-state index is 12.3. The summed E-state index contributed by atoms with van der Waals surface area (Å²) < 4.78 is 5.13. The number of ether oxygens (including phenoxy) is 1. The summed E-state index contributed by atoms with van der Waals surface area (Å²) in [7, 11) is 0. The van der Waals surface area contributed by atoms with Crippen molar-refractivity contribution < 1.29 is 19.4 Å². The van der Waals surface area contributed by atoms with E-state index in [-0.39, 0.29) is 28.1 Å². The number of carboxylic acid groups (broad SMARTS) is 1. The molecule has 0 saturated carbocycles. The predicted molar refractivity (Wildman–Crippen MR) is 98.0 cm³/mol. The zero-order valence-electron chi connectivity index (χ0n) is 13.9. The fourth-order valence-corrected chi connectivity index (χ4v) is 3.57. The zero-order chi connectivity index (χ0) is 18.6. The van der Waals surface area contributed by atoms with E-state index in [1.807, 2.05) is 19.1 Å². The molecule has 2 aromatic carbocycles. The van der Waals surface area contributed by atoms with Gasteiger partial charge in [0.25, 0.3) is 0 Å². The van der Waals surface area contributed by atoms with Gasteiger partial charge >= 0.3 is 11.9 Å². The quantitative estimate of drug-likeness (QED) is 0.680. The van der Waals surface area contributed by atoms with E-state index in [4.69, 9.17) is 33.0 Å². The fourth-order valence-electron chi connectivity index (χ4n) is 2.82. The molecule has 0 heterocycles. The summed E-state index contributed by atoms with van der Waals surface area (Å²) >= 11 is 12.7. The van der Waals surface area contributed by atoms with E-state index in [1.54, 1.807) is 19.1 Å². The average Bonchev–Trinajstić information content (AvgIpc) is 2.58. The van der Waals surface area contributed by atoms with Crippen molar-refractivity contribution in [2.24, 2.45) is 0 Å². The Kier molecular flexibility index (Phi) is 6.45. The molecule has 0 aliphatic carbocycles. The van der Waals surface area contributed by atoms with Gasteiger partial charge in [-0.1, -0.05) is 48.3 Å². The molecule has 1 atom stereocenters. The maximum Gasteiger partial charge on any atom is 0.338 e. The minimum atomic E-state index is -1.10. The van der Waals surface area contributed by atoms with E-state index in [9.17, 15) is 9.59 Å². The second-order valence-electron chi connectivity index (χ2n) is 5.43. The monoisotopic (exact) mass is 380 g/mol. The van der Waals surface area contributed by atoms with Crippen LogP contribution in [-0.4, -0.2) is 23.7 Å². The molecule has 0 aromatic heterocycles. The van der Waals surface area contributed by atoms with E-state index in [0.717, 1.165) is 5.56 Å². The van der Waals surface area contributed by atoms with Gasteiger partial charge in [-0.15, -0.1) is 0 Å². The number of carbonyl (C=O) groups excluding carboxylic acids is 1. The number of hydrogen-bond acceptors (Lipinski definition) is 3. The fraction of sp³-hybridized carbons (Fsp3) is 0.263. The van der Waals surface area contributed by atoms with Crippen LogP contribution in [0.25, 0.3) is 0 Å². The summed E-state index contributed by atoms with van der Waals surface area (Å²) in [5.41, 5.74) is 1.82. The second-order valence-corrected chi connectivity index (χ2v) is 6.24. The molecule has 1 N–H and O–H groups in total. The molecule has 1 unspecified atom stereocenters. The first-order valence-electron chi connectivity index (χ1n) is 7.88. The molecule has 0 amide bonds. The lowest BCUT2D eigenvalue weighted by molar-refractivity contribution is 0.0524. The normalized spacial score (nSPS) is 11.8. The van der Waals surface area contributed by atoms with Gasteiger partial charge in [-0.2, -0.15) is 0 Å². The van der Waals surface area contributed by atoms with Gasteiger partial charge in [0, 0.05) is 16.0 Å². The van der Waals surface area contributed by atoms with Crippen LogP contribution in [0.5, 0.6) is 0 Å². The zero-order valence-corrected chi connectivity index (χ0v) is 15.4. The topological polar surface area (TPSA) is 63.6 Å². The highest BCUT2D eigenvalue weighted by atomic mass is 35.5. The minimum absolute atomic E-state index is 0.0206. The van der Waals surface area contributed by atoms with E-state index in [0.29, 0.717) is 17.5 Å². The Labute approximate surface area is 156 Å². The molecule has 4 nitrogen and oxygen atoms in total. The summed E-state index contributed by atoms with van der Waals surface area (Å²) in [6.45, 7) is 3.97. The molecule has 25 heavy (non-hydrogen) atoms. The van der Waals surface area contributed by atoms with Gasteiger partial charge in [0.15, 0.2) is 0 Å². The van der Waals surface area contributed by atoms with Gasteiger partial charge in [-0.25, -0.2) is 9.59 Å².